The number of hydrogen-bond acceptors (Lipinski definition) is 3. The number of fused-ring (bicyclic) bond motifs is 5. The number of nitrogens with zero attached hydrogens (tertiary/aromatic N) is 1. The highest BCUT2D eigenvalue weighted by Crippen LogP contribution is 2.54. The highest BCUT2D eigenvalue weighted by molar-refractivity contribution is 6.42. The van der Waals surface area contributed by atoms with Crippen LogP contribution < -0.4 is 4.90 Å². The van der Waals surface area contributed by atoms with Crippen LogP contribution in [0.3, 0.4) is 0 Å². The average molecular weight is 640 g/mol. The van der Waals surface area contributed by atoms with E-state index < -0.39 is 0 Å². The maximum absolute atomic E-state index is 13.6. The van der Waals surface area contributed by atoms with Gasteiger partial charge in [-0.3, -0.25) is 9.59 Å². The normalized spacial score (nSPS) is 15.1. The Morgan fingerprint density at radius 2 is 1.20 bits per heavy atom. The Kier molecular flexibility index (Phi) is 6.72. The Morgan fingerprint density at radius 1 is 0.612 bits per heavy atom. The summed E-state index contributed by atoms with van der Waals surface area (Å²) in [5, 5.41) is 4.11. The number of aryl methyl sites for hydroxylation is 3. The van der Waals surface area contributed by atoms with Crippen LogP contribution in [0.4, 0.5) is 17.1 Å². The summed E-state index contributed by atoms with van der Waals surface area (Å²) in [6, 6.07) is 34.0. The van der Waals surface area contributed by atoms with E-state index in [2.05, 4.69) is 115 Å². The predicted molar refractivity (Wildman–Crippen MR) is 204 cm³/mol. The van der Waals surface area contributed by atoms with Gasteiger partial charge in [0.1, 0.15) is 0 Å². The molecule has 6 aromatic rings. The molecule has 2 aliphatic rings. The van der Waals surface area contributed by atoms with Crippen molar-refractivity contribution in [1.82, 2.24) is 0 Å². The van der Waals surface area contributed by atoms with Gasteiger partial charge in [0.25, 0.3) is 0 Å². The zero-order valence-corrected chi connectivity index (χ0v) is 29.6. The number of carbonyl (C=O) groups is 2. The van der Waals surface area contributed by atoms with Crippen LogP contribution in [0.15, 0.2) is 103 Å². The van der Waals surface area contributed by atoms with Gasteiger partial charge in [-0.25, -0.2) is 0 Å². The molecule has 3 heteroatoms. The predicted octanol–water partition coefficient (Wildman–Crippen LogP) is 11.8. The minimum absolute atomic E-state index is 0.0131. The van der Waals surface area contributed by atoms with Gasteiger partial charge in [0.15, 0.2) is 11.6 Å². The second-order valence-electron chi connectivity index (χ2n) is 15.6. The second kappa shape index (κ2) is 10.6. The molecule has 0 atom stereocenters. The summed E-state index contributed by atoms with van der Waals surface area (Å²) in [5.74, 6) is -0.411. The number of carbonyl (C=O) groups excluding carboxylic acids is 2. The quantitative estimate of drug-likeness (QED) is 0.140. The molecule has 1 aliphatic carbocycles. The highest BCUT2D eigenvalue weighted by atomic mass is 16.2. The summed E-state index contributed by atoms with van der Waals surface area (Å²) >= 11 is 0. The largest absolute Gasteiger partial charge is 0.309 e. The van der Waals surface area contributed by atoms with E-state index in [1.54, 1.807) is 6.08 Å². The zero-order chi connectivity index (χ0) is 34.6. The van der Waals surface area contributed by atoms with Gasteiger partial charge >= 0.3 is 0 Å². The highest BCUT2D eigenvalue weighted by Gasteiger charge is 2.39. The molecule has 0 unspecified atom stereocenters. The van der Waals surface area contributed by atoms with Crippen molar-refractivity contribution < 1.29 is 9.59 Å². The number of hydrogen-bond donors (Lipinski definition) is 0. The average Bonchev–Trinajstić information content (AvgIpc) is 3.27. The maximum Gasteiger partial charge on any atom is 0.197 e. The monoisotopic (exact) mass is 639 g/mol. The number of ketones is 2. The lowest BCUT2D eigenvalue weighted by Gasteiger charge is -2.44. The first-order valence-electron chi connectivity index (χ1n) is 17.2. The summed E-state index contributed by atoms with van der Waals surface area (Å²) in [7, 11) is 0. The van der Waals surface area contributed by atoms with Crippen molar-refractivity contribution in [2.75, 3.05) is 4.90 Å². The molecule has 0 saturated carbocycles. The standard InChI is InChI=1S/C46H41NO2/c1-26-17-27(2)42(28(3)18-26)47-40-16-15-34(45(4,5)6)25-39(40)46(7,8)38-23-33-19-29(13-14-32(33)24-41(38)47)20-37-43(48)35-21-30-11-9-10-12-31(30)22-36(35)44(37)49/h9-25H,1-8H3. The number of benzene rings is 6. The topological polar surface area (TPSA) is 37.4 Å². The molecular formula is C46H41NO2. The van der Waals surface area contributed by atoms with E-state index in [1.165, 1.54) is 50.4 Å². The summed E-state index contributed by atoms with van der Waals surface area (Å²) in [5.41, 5.74) is 13.0. The SMILES string of the molecule is Cc1cc(C)c(N2c3ccc(C(C)(C)C)cc3C(C)(C)c3cc4cc(C=C5C(=O)c6cc7ccccc7cc6C5=O)ccc4cc32)c(C)c1. The Balaban J connectivity index is 1.30. The Labute approximate surface area is 288 Å². The maximum atomic E-state index is 13.6. The molecule has 0 aromatic heterocycles. The molecule has 1 heterocycles. The van der Waals surface area contributed by atoms with Crippen LogP contribution in [0.25, 0.3) is 27.6 Å². The molecular weight excluding hydrogens is 599 g/mol. The van der Waals surface area contributed by atoms with Crippen molar-refractivity contribution in [3.05, 3.63) is 153 Å². The summed E-state index contributed by atoms with van der Waals surface area (Å²) in [4.78, 5) is 29.6. The lowest BCUT2D eigenvalue weighted by atomic mass is 9.71. The first-order valence-corrected chi connectivity index (χ1v) is 17.2. The number of allylic oxidation sites excluding steroid dienone is 1. The third-order valence-corrected chi connectivity index (χ3v) is 10.7. The minimum atomic E-state index is -0.279. The van der Waals surface area contributed by atoms with Crippen LogP contribution in [0.2, 0.25) is 0 Å². The van der Waals surface area contributed by atoms with Crippen molar-refractivity contribution in [2.45, 2.75) is 66.2 Å². The molecule has 242 valence electrons. The molecule has 0 N–H and O–H groups in total. The Morgan fingerprint density at radius 3 is 1.82 bits per heavy atom. The Hall–Kier alpha value is -5.28. The molecule has 8 rings (SSSR count). The second-order valence-corrected chi connectivity index (χ2v) is 15.6. The molecule has 0 bridgehead atoms. The number of anilines is 3. The molecule has 6 aromatic carbocycles. The van der Waals surface area contributed by atoms with Gasteiger partial charge in [-0.2, -0.15) is 0 Å². The molecule has 0 radical (unpaired) electrons. The van der Waals surface area contributed by atoms with Gasteiger partial charge in [-0.1, -0.05) is 101 Å². The van der Waals surface area contributed by atoms with Crippen LogP contribution in [0.1, 0.15) is 94.3 Å². The van der Waals surface area contributed by atoms with Crippen LogP contribution >= 0.6 is 0 Å². The van der Waals surface area contributed by atoms with E-state index in [1.807, 2.05) is 42.5 Å². The number of Topliss-reactive ketones (excluding diaryl/α,β-unsaturated/α-hetero) is 2. The van der Waals surface area contributed by atoms with E-state index >= 15 is 0 Å². The fraction of sp³-hybridized carbons (Fsp3) is 0.217. The first-order chi connectivity index (χ1) is 23.2. The van der Waals surface area contributed by atoms with E-state index in [0.29, 0.717) is 11.1 Å². The van der Waals surface area contributed by atoms with Crippen molar-refractivity contribution in [2.24, 2.45) is 0 Å². The molecule has 0 saturated heterocycles. The summed E-state index contributed by atoms with van der Waals surface area (Å²) in [6.07, 6.45) is 1.77. The third kappa shape index (κ3) is 4.78. The van der Waals surface area contributed by atoms with E-state index in [-0.39, 0.29) is 28.0 Å². The molecule has 1 aliphatic heterocycles. The Bertz CT molecular complexity index is 2390. The summed E-state index contributed by atoms with van der Waals surface area (Å²) in [6.45, 7) is 18.1. The van der Waals surface area contributed by atoms with Gasteiger partial charge in [0.2, 0.25) is 0 Å². The lowest BCUT2D eigenvalue weighted by molar-refractivity contribution is 0.0990. The molecule has 0 amide bonds. The fourth-order valence-corrected chi connectivity index (χ4v) is 8.13. The van der Waals surface area contributed by atoms with Gasteiger partial charge in [-0.05, 0) is 124 Å². The molecule has 0 spiro atoms. The zero-order valence-electron chi connectivity index (χ0n) is 29.6. The van der Waals surface area contributed by atoms with Gasteiger partial charge in [0.05, 0.1) is 22.6 Å². The van der Waals surface area contributed by atoms with Crippen molar-refractivity contribution in [3.63, 3.8) is 0 Å². The first kappa shape index (κ1) is 31.0. The van der Waals surface area contributed by atoms with Gasteiger partial charge in [-0.15, -0.1) is 0 Å². The van der Waals surface area contributed by atoms with Gasteiger partial charge in [0, 0.05) is 16.5 Å². The van der Waals surface area contributed by atoms with Crippen LogP contribution in [0.5, 0.6) is 0 Å². The van der Waals surface area contributed by atoms with Crippen LogP contribution in [-0.2, 0) is 10.8 Å². The molecule has 0 fully saturated rings. The van der Waals surface area contributed by atoms with E-state index in [0.717, 1.165) is 27.1 Å². The van der Waals surface area contributed by atoms with Gasteiger partial charge < -0.3 is 4.90 Å². The fourth-order valence-electron chi connectivity index (χ4n) is 8.13. The van der Waals surface area contributed by atoms with Crippen molar-refractivity contribution in [3.8, 4) is 0 Å². The van der Waals surface area contributed by atoms with Crippen molar-refractivity contribution in [1.29, 1.82) is 0 Å². The van der Waals surface area contributed by atoms with Crippen LogP contribution in [0, 0.1) is 20.8 Å². The third-order valence-electron chi connectivity index (χ3n) is 10.7. The van der Waals surface area contributed by atoms with Crippen LogP contribution in [-0.4, -0.2) is 11.6 Å². The molecule has 49 heavy (non-hydrogen) atoms. The smallest absolute Gasteiger partial charge is 0.197 e. The van der Waals surface area contributed by atoms with Crippen molar-refractivity contribution >= 4 is 56.2 Å². The van der Waals surface area contributed by atoms with E-state index in [4.69, 9.17) is 0 Å². The summed E-state index contributed by atoms with van der Waals surface area (Å²) < 4.78 is 0. The van der Waals surface area contributed by atoms with E-state index in [9.17, 15) is 9.59 Å². The minimum Gasteiger partial charge on any atom is -0.309 e. The number of rotatable bonds is 2. The lowest BCUT2D eigenvalue weighted by Crippen LogP contribution is -2.32. The molecule has 3 nitrogen and oxygen atoms in total.